The van der Waals surface area contributed by atoms with Gasteiger partial charge in [-0.05, 0) is 63.4 Å². The number of benzene rings is 1. The lowest BCUT2D eigenvalue weighted by Crippen LogP contribution is -2.45. The molecule has 0 amide bonds. The van der Waals surface area contributed by atoms with Gasteiger partial charge in [0.15, 0.2) is 14.6 Å². The lowest BCUT2D eigenvalue weighted by molar-refractivity contribution is -0.221. The lowest BCUT2D eigenvalue weighted by Gasteiger charge is -2.40. The van der Waals surface area contributed by atoms with Crippen molar-refractivity contribution >= 4 is 20.4 Å². The molecule has 0 radical (unpaired) electrons. The quantitative estimate of drug-likeness (QED) is 0.0419. The number of esters is 1. The summed E-state index contributed by atoms with van der Waals surface area (Å²) in [6, 6.07) is 5.52. The standard InChI is InChI=1S/C43H66O10Si/c1-31(19-16-14-13-15-17-20-34-21-18-22-39-40(34)41(44)52-43(7,8)51-39)25-37-28-36(49-33(3)50-37)24-23-35(48-30-46-10)27-38(26-32(2)47-29-45-9)53-54(11,12)42(4,5)6/h13-24,32-33,35-38H,25-30H2,1-12H3/b15-13+,16-14+,20-17+,24-23?,31-19+/t32-,33+,35-,36-,37+,38+/m1/s1. The topological polar surface area (TPSA) is 100 Å². The van der Waals surface area contributed by atoms with E-state index in [2.05, 4.69) is 65.9 Å². The van der Waals surface area contributed by atoms with Gasteiger partial charge in [-0.3, -0.25) is 0 Å². The first-order chi connectivity index (χ1) is 25.4. The number of carbonyl (C=O) groups excluding carboxylic acids is 1. The lowest BCUT2D eigenvalue weighted by atomic mass is 10.0. The van der Waals surface area contributed by atoms with Gasteiger partial charge in [-0.25, -0.2) is 4.79 Å². The average Bonchev–Trinajstić information content (AvgIpc) is 3.06. The van der Waals surface area contributed by atoms with Crippen LogP contribution in [0.3, 0.4) is 0 Å². The summed E-state index contributed by atoms with van der Waals surface area (Å²) >= 11 is 0. The zero-order chi connectivity index (χ0) is 39.9. The summed E-state index contributed by atoms with van der Waals surface area (Å²) in [7, 11) is 1.19. The molecule has 0 aliphatic carbocycles. The zero-order valence-electron chi connectivity index (χ0n) is 34.7. The van der Waals surface area contributed by atoms with Gasteiger partial charge in [0.2, 0.25) is 5.79 Å². The van der Waals surface area contributed by atoms with E-state index in [1.807, 2.05) is 55.5 Å². The Morgan fingerprint density at radius 3 is 2.37 bits per heavy atom. The Hall–Kier alpha value is -2.87. The first kappa shape index (κ1) is 45.5. The minimum Gasteiger partial charge on any atom is -0.452 e. The maximum absolute atomic E-state index is 12.6. The highest BCUT2D eigenvalue weighted by atomic mass is 28.4. The van der Waals surface area contributed by atoms with E-state index in [4.69, 9.17) is 42.3 Å². The molecule has 1 fully saturated rings. The maximum atomic E-state index is 12.6. The summed E-state index contributed by atoms with van der Waals surface area (Å²) in [5.74, 6) is -0.840. The van der Waals surface area contributed by atoms with Crippen LogP contribution in [0.1, 0.15) is 97.0 Å². The Labute approximate surface area is 325 Å². The third-order valence-electron chi connectivity index (χ3n) is 9.62. The molecule has 0 spiro atoms. The number of methoxy groups -OCH3 is 2. The first-order valence-corrected chi connectivity index (χ1v) is 21.9. The van der Waals surface area contributed by atoms with Crippen molar-refractivity contribution in [1.29, 1.82) is 0 Å². The maximum Gasteiger partial charge on any atom is 0.345 e. The monoisotopic (exact) mass is 770 g/mol. The van der Waals surface area contributed by atoms with Crippen molar-refractivity contribution in [2.45, 2.75) is 142 Å². The molecule has 2 aliphatic heterocycles. The molecule has 2 aliphatic rings. The van der Waals surface area contributed by atoms with Crippen molar-refractivity contribution in [2.75, 3.05) is 27.8 Å². The number of ether oxygens (including phenoxy) is 8. The Morgan fingerprint density at radius 2 is 1.67 bits per heavy atom. The van der Waals surface area contributed by atoms with Crippen LogP contribution in [-0.4, -0.2) is 84.7 Å². The van der Waals surface area contributed by atoms with Gasteiger partial charge in [-0.15, -0.1) is 0 Å². The van der Waals surface area contributed by atoms with Crippen LogP contribution in [0.25, 0.3) is 6.08 Å². The molecule has 0 bridgehead atoms. The largest absolute Gasteiger partial charge is 0.452 e. The second-order valence-electron chi connectivity index (χ2n) is 16.0. The second kappa shape index (κ2) is 21.4. The van der Waals surface area contributed by atoms with Crippen LogP contribution < -0.4 is 4.74 Å². The number of hydrogen-bond acceptors (Lipinski definition) is 10. The summed E-state index contributed by atoms with van der Waals surface area (Å²) in [6.07, 6.45) is 20.0. The molecular formula is C43H66O10Si. The fraction of sp³-hybridized carbons (Fsp3) is 0.605. The molecule has 1 aromatic carbocycles. The van der Waals surface area contributed by atoms with E-state index in [-0.39, 0.29) is 61.4 Å². The molecule has 1 aromatic rings. The molecule has 6 atom stereocenters. The third kappa shape index (κ3) is 15.3. The van der Waals surface area contributed by atoms with E-state index < -0.39 is 14.1 Å². The van der Waals surface area contributed by atoms with Crippen LogP contribution in [-0.2, 0) is 37.6 Å². The van der Waals surface area contributed by atoms with Crippen LogP contribution in [0.5, 0.6) is 5.75 Å². The number of cyclic esters (lactones) is 1. The van der Waals surface area contributed by atoms with Gasteiger partial charge < -0.3 is 42.3 Å². The van der Waals surface area contributed by atoms with Gasteiger partial charge in [0.1, 0.15) is 24.9 Å². The fourth-order valence-corrected chi connectivity index (χ4v) is 7.38. The zero-order valence-corrected chi connectivity index (χ0v) is 35.7. The van der Waals surface area contributed by atoms with Crippen LogP contribution in [0.15, 0.2) is 72.4 Å². The highest BCUT2D eigenvalue weighted by molar-refractivity contribution is 6.74. The summed E-state index contributed by atoms with van der Waals surface area (Å²) in [4.78, 5) is 12.6. The molecule has 0 unspecified atom stereocenters. The van der Waals surface area contributed by atoms with Crippen molar-refractivity contribution in [3.05, 3.63) is 83.5 Å². The van der Waals surface area contributed by atoms with E-state index in [0.717, 1.165) is 24.8 Å². The first-order valence-electron chi connectivity index (χ1n) is 19.0. The van der Waals surface area contributed by atoms with Gasteiger partial charge in [-0.2, -0.15) is 0 Å². The molecule has 3 rings (SSSR count). The van der Waals surface area contributed by atoms with Gasteiger partial charge in [0.25, 0.3) is 0 Å². The van der Waals surface area contributed by atoms with E-state index in [0.29, 0.717) is 17.7 Å². The average molecular weight is 771 g/mol. The minimum atomic E-state index is -2.07. The third-order valence-corrected chi connectivity index (χ3v) is 14.2. The second-order valence-corrected chi connectivity index (χ2v) is 20.8. The molecule has 2 heterocycles. The number of hydrogen-bond donors (Lipinski definition) is 0. The fourth-order valence-electron chi connectivity index (χ4n) is 6.00. The number of fused-ring (bicyclic) bond motifs is 1. The van der Waals surface area contributed by atoms with E-state index in [1.165, 1.54) is 5.57 Å². The molecule has 11 heteroatoms. The molecule has 0 saturated carbocycles. The van der Waals surface area contributed by atoms with Crippen molar-refractivity contribution < 1.29 is 47.1 Å². The van der Waals surface area contributed by atoms with Crippen LogP contribution in [0, 0.1) is 0 Å². The Kier molecular flexibility index (Phi) is 18.1. The van der Waals surface area contributed by atoms with Gasteiger partial charge in [-0.1, -0.05) is 93.2 Å². The summed E-state index contributed by atoms with van der Waals surface area (Å²) < 4.78 is 52.9. The molecule has 0 aromatic heterocycles. The van der Waals surface area contributed by atoms with E-state index in [9.17, 15) is 4.79 Å². The van der Waals surface area contributed by atoms with Crippen molar-refractivity contribution in [3.8, 4) is 5.75 Å². The SMILES string of the molecule is COCO[C@H](C)C[C@@H](C[C@@H](C=C[C@@H]1C[C@H](C/C(C)=C/C=C/C=C/C=C/c2cccc3c2C(=O)OC(C)(C)O3)O[C@@H](C)O1)OCOC)O[Si](C)(C)C(C)(C)C. The molecule has 0 N–H and O–H groups in total. The highest BCUT2D eigenvalue weighted by Gasteiger charge is 2.40. The molecule has 10 nitrogen and oxygen atoms in total. The van der Waals surface area contributed by atoms with Crippen LogP contribution in [0.2, 0.25) is 18.1 Å². The van der Waals surface area contributed by atoms with Gasteiger partial charge >= 0.3 is 5.97 Å². The molecule has 302 valence electrons. The van der Waals surface area contributed by atoms with Crippen molar-refractivity contribution in [1.82, 2.24) is 0 Å². The number of allylic oxidation sites excluding steroid dienone is 6. The van der Waals surface area contributed by atoms with Gasteiger partial charge in [0, 0.05) is 40.9 Å². The minimum absolute atomic E-state index is 0.0105. The predicted octanol–water partition coefficient (Wildman–Crippen LogP) is 9.68. The Balaban J connectivity index is 1.60. The number of carbonyl (C=O) groups is 1. The van der Waals surface area contributed by atoms with Gasteiger partial charge in [0.05, 0.1) is 30.5 Å². The van der Waals surface area contributed by atoms with Crippen molar-refractivity contribution in [3.63, 3.8) is 0 Å². The Bertz CT molecular complexity index is 1470. The molecule has 1 saturated heterocycles. The summed E-state index contributed by atoms with van der Waals surface area (Å²) in [5.41, 5.74) is 2.38. The normalized spacial score (nSPS) is 22.9. The van der Waals surface area contributed by atoms with Crippen molar-refractivity contribution in [2.24, 2.45) is 0 Å². The smallest absolute Gasteiger partial charge is 0.345 e. The highest BCUT2D eigenvalue weighted by Crippen LogP contribution is 2.39. The van der Waals surface area contributed by atoms with E-state index in [1.54, 1.807) is 34.1 Å². The van der Waals surface area contributed by atoms with E-state index >= 15 is 0 Å². The van der Waals surface area contributed by atoms with Crippen LogP contribution in [0.4, 0.5) is 0 Å². The summed E-state index contributed by atoms with van der Waals surface area (Å²) in [5, 5.41) is 0.0645. The molecule has 54 heavy (non-hydrogen) atoms. The molecular weight excluding hydrogens is 705 g/mol. The predicted molar refractivity (Wildman–Crippen MR) is 216 cm³/mol. The summed E-state index contributed by atoms with van der Waals surface area (Å²) in [6.45, 7) is 21.3. The Morgan fingerprint density at radius 1 is 0.981 bits per heavy atom. The van der Waals surface area contributed by atoms with Crippen LogP contribution >= 0.6 is 0 Å². The number of rotatable bonds is 20.